The van der Waals surface area contributed by atoms with Crippen molar-refractivity contribution in [2.45, 2.75) is 18.7 Å². The third kappa shape index (κ3) is 4.91. The first-order valence-corrected chi connectivity index (χ1v) is 9.01. The molecule has 0 bridgehead atoms. The molecule has 0 saturated carbocycles. The molecule has 0 spiro atoms. The van der Waals surface area contributed by atoms with Gasteiger partial charge in [-0.05, 0) is 43.2 Å². The van der Waals surface area contributed by atoms with Crippen molar-refractivity contribution in [2.75, 3.05) is 6.61 Å². The number of halogens is 2. The van der Waals surface area contributed by atoms with Gasteiger partial charge in [-0.2, -0.15) is 0 Å². The summed E-state index contributed by atoms with van der Waals surface area (Å²) < 4.78 is 43.1. The zero-order valence-corrected chi connectivity index (χ0v) is 15.0. The fraction of sp³-hybridized carbons (Fsp3) is 0.188. The van der Waals surface area contributed by atoms with E-state index >= 15 is 0 Å². The molecule has 2 rings (SSSR count). The van der Waals surface area contributed by atoms with Crippen LogP contribution in [-0.4, -0.2) is 20.9 Å². The molecule has 2 aromatic rings. The maximum atomic E-state index is 13.7. The highest BCUT2D eigenvalue weighted by Crippen LogP contribution is 2.22. The molecule has 0 unspecified atom stereocenters. The molecule has 1 amide bonds. The van der Waals surface area contributed by atoms with Crippen molar-refractivity contribution >= 4 is 27.5 Å². The van der Waals surface area contributed by atoms with Gasteiger partial charge in [0.2, 0.25) is 0 Å². The number of amides is 1. The smallest absolute Gasteiger partial charge is 0.272 e. The second kappa shape index (κ2) is 7.81. The second-order valence-corrected chi connectivity index (χ2v) is 7.33. The Kier molecular flexibility index (Phi) is 5.99. The van der Waals surface area contributed by atoms with Crippen LogP contribution < -0.4 is 15.0 Å². The van der Waals surface area contributed by atoms with Gasteiger partial charge in [0.25, 0.3) is 15.9 Å². The van der Waals surface area contributed by atoms with Crippen LogP contribution in [0.4, 0.5) is 4.39 Å². The van der Waals surface area contributed by atoms with E-state index in [1.54, 1.807) is 0 Å². The highest BCUT2D eigenvalue weighted by Gasteiger charge is 2.20. The van der Waals surface area contributed by atoms with Gasteiger partial charge in [0.1, 0.15) is 16.5 Å². The van der Waals surface area contributed by atoms with E-state index in [0.717, 1.165) is 23.3 Å². The van der Waals surface area contributed by atoms with Crippen molar-refractivity contribution in [3.05, 3.63) is 58.4 Å². The number of sulfonamides is 1. The maximum absolute atomic E-state index is 13.7. The van der Waals surface area contributed by atoms with Crippen molar-refractivity contribution in [2.24, 2.45) is 0 Å². The van der Waals surface area contributed by atoms with Crippen molar-refractivity contribution in [1.82, 2.24) is 10.3 Å². The van der Waals surface area contributed by atoms with Crippen LogP contribution in [0.1, 0.15) is 11.1 Å². The lowest BCUT2D eigenvalue weighted by molar-refractivity contribution is -0.123. The fourth-order valence-corrected chi connectivity index (χ4v) is 3.15. The average molecular weight is 387 g/mol. The third-order valence-electron chi connectivity index (χ3n) is 3.26. The number of hydrogen-bond acceptors (Lipinski definition) is 4. The standard InChI is InChI=1S/C16H16ClFN2O4S/c1-10-4-3-5-11(2)16(10)24-9-15(21)19-20-25(22,23)14-7-6-12(17)8-13(14)18/h3-8,20H,9H2,1-2H3,(H,19,21). The molecule has 0 saturated heterocycles. The molecule has 0 radical (unpaired) electrons. The number of hydrazine groups is 1. The van der Waals surface area contributed by atoms with E-state index < -0.39 is 33.3 Å². The number of benzene rings is 2. The zero-order chi connectivity index (χ0) is 18.6. The van der Waals surface area contributed by atoms with Crippen LogP contribution in [0.3, 0.4) is 0 Å². The van der Waals surface area contributed by atoms with Crippen LogP contribution in [0.15, 0.2) is 41.3 Å². The monoisotopic (exact) mass is 386 g/mol. The van der Waals surface area contributed by atoms with Gasteiger partial charge in [-0.15, -0.1) is 4.83 Å². The Bertz CT molecular complexity index is 883. The van der Waals surface area contributed by atoms with Gasteiger partial charge in [-0.3, -0.25) is 10.2 Å². The minimum absolute atomic E-state index is 0.0579. The largest absolute Gasteiger partial charge is 0.483 e. The highest BCUT2D eigenvalue weighted by atomic mass is 35.5. The molecular formula is C16H16ClFN2O4S. The van der Waals surface area contributed by atoms with Crippen LogP contribution in [0, 0.1) is 19.7 Å². The summed E-state index contributed by atoms with van der Waals surface area (Å²) in [6.45, 7) is 3.25. The van der Waals surface area contributed by atoms with E-state index in [1.165, 1.54) is 6.07 Å². The molecule has 25 heavy (non-hydrogen) atoms. The van der Waals surface area contributed by atoms with E-state index in [-0.39, 0.29) is 5.02 Å². The number of nitrogens with one attached hydrogen (secondary N) is 2. The first kappa shape index (κ1) is 19.2. The lowest BCUT2D eigenvalue weighted by Gasteiger charge is -2.12. The predicted molar refractivity (Wildman–Crippen MR) is 91.3 cm³/mol. The van der Waals surface area contributed by atoms with Crippen LogP contribution in [-0.2, 0) is 14.8 Å². The van der Waals surface area contributed by atoms with Crippen molar-refractivity contribution in [3.63, 3.8) is 0 Å². The SMILES string of the molecule is Cc1cccc(C)c1OCC(=O)NNS(=O)(=O)c1ccc(Cl)cc1F. The predicted octanol–water partition coefficient (Wildman–Crippen LogP) is 2.48. The summed E-state index contributed by atoms with van der Waals surface area (Å²) in [5, 5.41) is 0.0579. The molecule has 0 aromatic heterocycles. The molecule has 0 aliphatic carbocycles. The maximum Gasteiger partial charge on any atom is 0.272 e. The van der Waals surface area contributed by atoms with E-state index in [2.05, 4.69) is 0 Å². The van der Waals surface area contributed by atoms with Gasteiger partial charge in [0, 0.05) is 5.02 Å². The lowest BCUT2D eigenvalue weighted by Crippen LogP contribution is -2.44. The molecule has 0 heterocycles. The fourth-order valence-electron chi connectivity index (χ4n) is 2.07. The summed E-state index contributed by atoms with van der Waals surface area (Å²) in [4.78, 5) is 13.0. The number of carbonyl (C=O) groups is 1. The van der Waals surface area contributed by atoms with Crippen LogP contribution in [0.5, 0.6) is 5.75 Å². The quantitative estimate of drug-likeness (QED) is 0.747. The molecule has 0 atom stereocenters. The first-order chi connectivity index (χ1) is 11.7. The minimum atomic E-state index is -4.27. The van der Waals surface area contributed by atoms with Gasteiger partial charge < -0.3 is 4.74 Å². The Morgan fingerprint density at radius 3 is 2.44 bits per heavy atom. The topological polar surface area (TPSA) is 84.5 Å². The number of ether oxygens (including phenoxy) is 1. The summed E-state index contributed by atoms with van der Waals surface area (Å²) in [5.41, 5.74) is 3.66. The van der Waals surface area contributed by atoms with Gasteiger partial charge in [-0.1, -0.05) is 29.8 Å². The van der Waals surface area contributed by atoms with Gasteiger partial charge >= 0.3 is 0 Å². The van der Waals surface area contributed by atoms with Crippen LogP contribution in [0.25, 0.3) is 0 Å². The Morgan fingerprint density at radius 2 is 1.84 bits per heavy atom. The number of para-hydroxylation sites is 1. The first-order valence-electron chi connectivity index (χ1n) is 7.15. The van der Waals surface area contributed by atoms with Crippen molar-refractivity contribution in [1.29, 1.82) is 0 Å². The molecule has 2 aromatic carbocycles. The lowest BCUT2D eigenvalue weighted by atomic mass is 10.1. The van der Waals surface area contributed by atoms with E-state index in [1.807, 2.05) is 42.3 Å². The van der Waals surface area contributed by atoms with E-state index in [4.69, 9.17) is 16.3 Å². The van der Waals surface area contributed by atoms with Gasteiger partial charge in [0.05, 0.1) is 0 Å². The summed E-state index contributed by atoms with van der Waals surface area (Å²) in [5.74, 6) is -1.22. The highest BCUT2D eigenvalue weighted by molar-refractivity contribution is 7.89. The second-order valence-electron chi connectivity index (χ2n) is 5.24. The molecule has 2 N–H and O–H groups in total. The van der Waals surface area contributed by atoms with Gasteiger partial charge in [-0.25, -0.2) is 12.8 Å². The molecule has 6 nitrogen and oxygen atoms in total. The summed E-state index contributed by atoms with van der Waals surface area (Å²) >= 11 is 5.58. The molecule has 134 valence electrons. The Labute approximate surface area is 150 Å². The van der Waals surface area contributed by atoms with Crippen molar-refractivity contribution in [3.8, 4) is 5.75 Å². The molecule has 0 aliphatic rings. The van der Waals surface area contributed by atoms with E-state index in [0.29, 0.717) is 5.75 Å². The van der Waals surface area contributed by atoms with Crippen molar-refractivity contribution < 1.29 is 22.3 Å². The number of rotatable bonds is 6. The Balaban J connectivity index is 1.97. The van der Waals surface area contributed by atoms with Crippen LogP contribution >= 0.6 is 11.6 Å². The summed E-state index contributed by atoms with van der Waals surface area (Å²) in [6, 6.07) is 8.59. The summed E-state index contributed by atoms with van der Waals surface area (Å²) in [7, 11) is -4.27. The zero-order valence-electron chi connectivity index (χ0n) is 13.5. The molecular weight excluding hydrogens is 371 g/mol. The Morgan fingerprint density at radius 1 is 1.20 bits per heavy atom. The summed E-state index contributed by atoms with van der Waals surface area (Å²) in [6.07, 6.45) is 0. The van der Waals surface area contributed by atoms with Gasteiger partial charge in [0.15, 0.2) is 6.61 Å². The number of carbonyl (C=O) groups excluding carboxylic acids is 1. The molecule has 0 fully saturated rings. The van der Waals surface area contributed by atoms with Crippen LogP contribution in [0.2, 0.25) is 5.02 Å². The minimum Gasteiger partial charge on any atom is -0.483 e. The third-order valence-corrected chi connectivity index (χ3v) is 4.78. The molecule has 0 aliphatic heterocycles. The Hall–Kier alpha value is -2.16. The molecule has 9 heteroatoms. The average Bonchev–Trinajstić information content (AvgIpc) is 2.52. The number of aryl methyl sites for hydroxylation is 2. The normalized spacial score (nSPS) is 11.2. The van der Waals surface area contributed by atoms with E-state index in [9.17, 15) is 17.6 Å². The number of hydrogen-bond donors (Lipinski definition) is 2.